The van der Waals surface area contributed by atoms with Crippen molar-refractivity contribution in [3.05, 3.63) is 0 Å². The molecule has 1 aliphatic rings. The second-order valence-electron chi connectivity index (χ2n) is 2.38. The van der Waals surface area contributed by atoms with Crippen LogP contribution in [0.2, 0.25) is 0 Å². The lowest BCUT2D eigenvalue weighted by molar-refractivity contribution is -0.140. The van der Waals surface area contributed by atoms with Crippen molar-refractivity contribution in [1.82, 2.24) is 4.90 Å². The molecule has 0 aromatic rings. The van der Waals surface area contributed by atoms with Crippen molar-refractivity contribution in [3.8, 4) is 0 Å². The standard InChI is InChI=1S/C6H9NO2S/c1-4(8)7-3-5(10)2-6(7)9/h5,10H,2-3H2,1H3/t5-/m0/s1. The van der Waals surface area contributed by atoms with Crippen LogP contribution in [0, 0.1) is 0 Å². The van der Waals surface area contributed by atoms with E-state index in [2.05, 4.69) is 12.6 Å². The molecule has 2 amide bonds. The lowest BCUT2D eigenvalue weighted by Gasteiger charge is -2.09. The second kappa shape index (κ2) is 2.62. The van der Waals surface area contributed by atoms with Gasteiger partial charge in [-0.25, -0.2) is 0 Å². The molecule has 0 saturated carbocycles. The van der Waals surface area contributed by atoms with Crippen molar-refractivity contribution in [2.24, 2.45) is 0 Å². The first-order valence-electron chi connectivity index (χ1n) is 3.10. The molecule has 4 heteroatoms. The normalized spacial score (nSPS) is 25.6. The first-order chi connectivity index (χ1) is 4.61. The number of carbonyl (C=O) groups excluding carboxylic acids is 2. The van der Waals surface area contributed by atoms with Gasteiger partial charge in [0.25, 0.3) is 0 Å². The van der Waals surface area contributed by atoms with Crippen LogP contribution in [-0.2, 0) is 9.59 Å². The van der Waals surface area contributed by atoms with Gasteiger partial charge < -0.3 is 0 Å². The molecule has 0 spiro atoms. The van der Waals surface area contributed by atoms with E-state index >= 15 is 0 Å². The van der Waals surface area contributed by atoms with Crippen molar-refractivity contribution in [2.45, 2.75) is 18.6 Å². The number of amides is 2. The highest BCUT2D eigenvalue weighted by Crippen LogP contribution is 2.15. The van der Waals surface area contributed by atoms with E-state index in [1.165, 1.54) is 11.8 Å². The summed E-state index contributed by atoms with van der Waals surface area (Å²) in [4.78, 5) is 22.8. The van der Waals surface area contributed by atoms with Gasteiger partial charge in [-0.05, 0) is 0 Å². The van der Waals surface area contributed by atoms with Gasteiger partial charge in [0.1, 0.15) is 0 Å². The largest absolute Gasteiger partial charge is 0.282 e. The Morgan fingerprint density at radius 3 is 2.60 bits per heavy atom. The van der Waals surface area contributed by atoms with Crippen LogP contribution < -0.4 is 0 Å². The summed E-state index contributed by atoms with van der Waals surface area (Å²) in [5.74, 6) is -0.283. The average Bonchev–Trinajstić information content (AvgIpc) is 2.10. The Labute approximate surface area is 64.8 Å². The van der Waals surface area contributed by atoms with Crippen LogP contribution in [0.5, 0.6) is 0 Å². The monoisotopic (exact) mass is 159 g/mol. The number of rotatable bonds is 0. The summed E-state index contributed by atoms with van der Waals surface area (Å²) in [6.45, 7) is 1.86. The first-order valence-corrected chi connectivity index (χ1v) is 3.62. The van der Waals surface area contributed by atoms with Crippen LogP contribution in [0.1, 0.15) is 13.3 Å². The minimum absolute atomic E-state index is 0.0383. The highest BCUT2D eigenvalue weighted by atomic mass is 32.1. The van der Waals surface area contributed by atoms with Crippen molar-refractivity contribution < 1.29 is 9.59 Å². The zero-order chi connectivity index (χ0) is 7.72. The Balaban J connectivity index is 2.63. The predicted molar refractivity (Wildman–Crippen MR) is 39.8 cm³/mol. The Hall–Kier alpha value is -0.510. The molecule has 0 aromatic heterocycles. The molecule has 1 saturated heterocycles. The van der Waals surface area contributed by atoms with E-state index in [9.17, 15) is 9.59 Å². The Bertz CT molecular complexity index is 181. The van der Waals surface area contributed by atoms with Gasteiger partial charge in [0.15, 0.2) is 0 Å². The SMILES string of the molecule is CC(=O)N1C[C@@H](S)CC1=O. The molecule has 1 fully saturated rings. The van der Waals surface area contributed by atoms with Gasteiger partial charge in [0, 0.05) is 25.1 Å². The molecule has 1 heterocycles. The van der Waals surface area contributed by atoms with Gasteiger partial charge in [-0.3, -0.25) is 14.5 Å². The summed E-state index contributed by atoms with van der Waals surface area (Å²) in [5.41, 5.74) is 0. The molecule has 1 aliphatic heterocycles. The highest BCUT2D eigenvalue weighted by Gasteiger charge is 2.29. The Morgan fingerprint density at radius 1 is 1.80 bits per heavy atom. The minimum atomic E-state index is -0.179. The fourth-order valence-electron chi connectivity index (χ4n) is 0.993. The molecule has 1 atom stereocenters. The van der Waals surface area contributed by atoms with Crippen molar-refractivity contribution in [1.29, 1.82) is 0 Å². The third-order valence-electron chi connectivity index (χ3n) is 1.48. The topological polar surface area (TPSA) is 37.4 Å². The lowest BCUT2D eigenvalue weighted by Crippen LogP contribution is -2.29. The minimum Gasteiger partial charge on any atom is -0.282 e. The molecular weight excluding hydrogens is 150 g/mol. The molecule has 0 aromatic carbocycles. The fourth-order valence-corrected chi connectivity index (χ4v) is 1.31. The number of hydrogen-bond acceptors (Lipinski definition) is 3. The van der Waals surface area contributed by atoms with Crippen molar-refractivity contribution in [2.75, 3.05) is 6.54 Å². The van der Waals surface area contributed by atoms with E-state index in [-0.39, 0.29) is 17.1 Å². The molecule has 0 N–H and O–H groups in total. The van der Waals surface area contributed by atoms with E-state index < -0.39 is 0 Å². The van der Waals surface area contributed by atoms with Gasteiger partial charge >= 0.3 is 0 Å². The summed E-state index contributed by atoms with van der Waals surface area (Å²) in [6, 6.07) is 0. The van der Waals surface area contributed by atoms with Gasteiger partial charge in [-0.1, -0.05) is 0 Å². The van der Waals surface area contributed by atoms with Gasteiger partial charge in [0.05, 0.1) is 0 Å². The van der Waals surface area contributed by atoms with Crippen LogP contribution in [0.25, 0.3) is 0 Å². The third-order valence-corrected chi connectivity index (χ3v) is 1.83. The Morgan fingerprint density at radius 2 is 2.40 bits per heavy atom. The maximum absolute atomic E-state index is 10.9. The number of likely N-dealkylation sites (tertiary alicyclic amines) is 1. The summed E-state index contributed by atoms with van der Waals surface area (Å²) >= 11 is 4.09. The number of nitrogens with zero attached hydrogens (tertiary/aromatic N) is 1. The maximum Gasteiger partial charge on any atom is 0.230 e. The van der Waals surface area contributed by atoms with Crippen molar-refractivity contribution >= 4 is 24.4 Å². The summed E-state index contributed by atoms with van der Waals surface area (Å²) in [5, 5.41) is 0.0383. The van der Waals surface area contributed by atoms with E-state index in [1.54, 1.807) is 0 Å². The second-order valence-corrected chi connectivity index (χ2v) is 3.11. The zero-order valence-electron chi connectivity index (χ0n) is 5.70. The molecule has 0 bridgehead atoms. The summed E-state index contributed by atoms with van der Waals surface area (Å²) < 4.78 is 0. The van der Waals surface area contributed by atoms with Crippen molar-refractivity contribution in [3.63, 3.8) is 0 Å². The first kappa shape index (κ1) is 7.60. The molecule has 10 heavy (non-hydrogen) atoms. The average molecular weight is 159 g/mol. The number of thiol groups is 1. The van der Waals surface area contributed by atoms with Gasteiger partial charge in [-0.2, -0.15) is 12.6 Å². The molecular formula is C6H9NO2S. The smallest absolute Gasteiger partial charge is 0.230 e. The van der Waals surface area contributed by atoms with Crippen LogP contribution in [0.4, 0.5) is 0 Å². The zero-order valence-corrected chi connectivity index (χ0v) is 6.60. The van der Waals surface area contributed by atoms with E-state index in [0.717, 1.165) is 0 Å². The van der Waals surface area contributed by atoms with Crippen LogP contribution in [0.15, 0.2) is 0 Å². The fraction of sp³-hybridized carbons (Fsp3) is 0.667. The number of carbonyl (C=O) groups is 2. The highest BCUT2D eigenvalue weighted by molar-refractivity contribution is 7.81. The molecule has 1 rings (SSSR count). The Kier molecular flexibility index (Phi) is 1.99. The lowest BCUT2D eigenvalue weighted by atomic mass is 10.4. The molecule has 0 radical (unpaired) electrons. The summed E-state index contributed by atoms with van der Waals surface area (Å²) in [6.07, 6.45) is 0.392. The summed E-state index contributed by atoms with van der Waals surface area (Å²) in [7, 11) is 0. The van der Waals surface area contributed by atoms with Gasteiger partial charge in [0.2, 0.25) is 11.8 Å². The molecule has 0 aliphatic carbocycles. The predicted octanol–water partition coefficient (Wildman–Crippen LogP) is 0.0636. The van der Waals surface area contributed by atoms with Gasteiger partial charge in [-0.15, -0.1) is 0 Å². The third kappa shape index (κ3) is 1.31. The quantitative estimate of drug-likeness (QED) is 0.508. The van der Waals surface area contributed by atoms with Crippen LogP contribution >= 0.6 is 12.6 Å². The van der Waals surface area contributed by atoms with E-state index in [1.807, 2.05) is 0 Å². The number of imide groups is 1. The molecule has 56 valence electrons. The van der Waals surface area contributed by atoms with Crippen LogP contribution in [-0.4, -0.2) is 28.5 Å². The molecule has 0 unspecified atom stereocenters. The van der Waals surface area contributed by atoms with E-state index in [4.69, 9.17) is 0 Å². The maximum atomic E-state index is 10.9. The number of hydrogen-bond donors (Lipinski definition) is 1. The van der Waals surface area contributed by atoms with Crippen LogP contribution in [0.3, 0.4) is 0 Å². The molecule has 3 nitrogen and oxygen atoms in total. The van der Waals surface area contributed by atoms with E-state index in [0.29, 0.717) is 13.0 Å².